The van der Waals surface area contributed by atoms with Crippen molar-refractivity contribution in [1.82, 2.24) is 15.1 Å². The molecule has 25 heavy (non-hydrogen) atoms. The number of aryl methyl sites for hydroxylation is 1. The summed E-state index contributed by atoms with van der Waals surface area (Å²) in [4.78, 5) is 35.3. The molecule has 0 saturated heterocycles. The van der Waals surface area contributed by atoms with Gasteiger partial charge in [0.15, 0.2) is 5.69 Å². The van der Waals surface area contributed by atoms with Gasteiger partial charge in [-0.15, -0.1) is 0 Å². The molecule has 1 heterocycles. The maximum Gasteiger partial charge on any atom is 0.274 e. The van der Waals surface area contributed by atoms with Gasteiger partial charge in [-0.1, -0.05) is 42.5 Å². The van der Waals surface area contributed by atoms with Gasteiger partial charge < -0.3 is 15.2 Å². The fourth-order valence-corrected chi connectivity index (χ4v) is 2.49. The van der Waals surface area contributed by atoms with E-state index in [9.17, 15) is 19.5 Å². The topological polar surface area (TPSA) is 104 Å². The summed E-state index contributed by atoms with van der Waals surface area (Å²) in [5.74, 6) is -1.67. The van der Waals surface area contributed by atoms with Crippen LogP contribution in [0.2, 0.25) is 0 Å². The third kappa shape index (κ3) is 3.25. The van der Waals surface area contributed by atoms with Crippen molar-refractivity contribution < 1.29 is 14.7 Å². The number of nitrogens with zero attached hydrogens (tertiary/aromatic N) is 2. The van der Waals surface area contributed by atoms with Crippen LogP contribution in [-0.2, 0) is 13.6 Å². The molecule has 2 aromatic carbocycles. The van der Waals surface area contributed by atoms with Crippen molar-refractivity contribution in [2.24, 2.45) is 7.05 Å². The Bertz CT molecular complexity index is 1020. The highest BCUT2D eigenvalue weighted by Gasteiger charge is 2.15. The van der Waals surface area contributed by atoms with Crippen molar-refractivity contribution in [3.05, 3.63) is 75.7 Å². The molecule has 3 rings (SSSR count). The maximum absolute atomic E-state index is 12.5. The molecular formula is C18H14N3O4-. The third-order valence-corrected chi connectivity index (χ3v) is 3.81. The van der Waals surface area contributed by atoms with Crippen LogP contribution in [-0.4, -0.2) is 21.7 Å². The number of aromatic nitrogens is 2. The molecular weight excluding hydrogens is 322 g/mol. The van der Waals surface area contributed by atoms with E-state index >= 15 is 0 Å². The minimum atomic E-state index is -1.25. The Morgan fingerprint density at radius 2 is 1.72 bits per heavy atom. The lowest BCUT2D eigenvalue weighted by molar-refractivity contribution is -0.255. The average molecular weight is 336 g/mol. The Labute approximate surface area is 142 Å². The fraction of sp³-hybridized carbons (Fsp3) is 0.111. The zero-order valence-corrected chi connectivity index (χ0v) is 13.4. The molecule has 7 heteroatoms. The highest BCUT2D eigenvalue weighted by molar-refractivity contribution is 6.04. The normalized spacial score (nSPS) is 10.6. The number of nitrogens with one attached hydrogen (secondary N) is 1. The molecule has 0 aliphatic heterocycles. The lowest BCUT2D eigenvalue weighted by Crippen LogP contribution is -2.29. The molecule has 0 aliphatic rings. The van der Waals surface area contributed by atoms with Crippen LogP contribution in [0, 0.1) is 0 Å². The quantitative estimate of drug-likeness (QED) is 0.734. The first kappa shape index (κ1) is 16.4. The zero-order chi connectivity index (χ0) is 18.0. The first-order valence-corrected chi connectivity index (χ1v) is 7.52. The van der Waals surface area contributed by atoms with Gasteiger partial charge in [-0.25, -0.2) is 4.68 Å². The second-order valence-electron chi connectivity index (χ2n) is 5.49. The van der Waals surface area contributed by atoms with Crippen molar-refractivity contribution in [2.75, 3.05) is 0 Å². The van der Waals surface area contributed by atoms with E-state index < -0.39 is 11.9 Å². The number of amides is 1. The Hall–Kier alpha value is -3.48. The molecule has 0 aliphatic carbocycles. The minimum absolute atomic E-state index is 0.0702. The summed E-state index contributed by atoms with van der Waals surface area (Å²) in [6, 6.07) is 12.8. The molecule has 0 atom stereocenters. The number of rotatable bonds is 4. The van der Waals surface area contributed by atoms with E-state index in [0.29, 0.717) is 10.8 Å². The Morgan fingerprint density at radius 3 is 2.36 bits per heavy atom. The van der Waals surface area contributed by atoms with E-state index in [0.717, 1.165) is 10.2 Å². The Morgan fingerprint density at radius 1 is 1.08 bits per heavy atom. The highest BCUT2D eigenvalue weighted by atomic mass is 16.4. The van der Waals surface area contributed by atoms with E-state index in [1.807, 2.05) is 0 Å². The summed E-state index contributed by atoms with van der Waals surface area (Å²) in [5.41, 5.74) is 0.683. The van der Waals surface area contributed by atoms with Gasteiger partial charge in [-0.05, 0) is 17.2 Å². The van der Waals surface area contributed by atoms with E-state index in [2.05, 4.69) is 10.4 Å². The minimum Gasteiger partial charge on any atom is -0.545 e. The predicted octanol–water partition coefficient (Wildman–Crippen LogP) is 0.227. The molecule has 0 fully saturated rings. The average Bonchev–Trinajstić information content (AvgIpc) is 2.63. The molecule has 126 valence electrons. The predicted molar refractivity (Wildman–Crippen MR) is 88.9 cm³/mol. The lowest BCUT2D eigenvalue weighted by atomic mass is 10.1. The number of hydrogen-bond acceptors (Lipinski definition) is 5. The Balaban J connectivity index is 1.84. The van der Waals surface area contributed by atoms with Crippen LogP contribution in [0.3, 0.4) is 0 Å². The van der Waals surface area contributed by atoms with Crippen LogP contribution in [0.5, 0.6) is 0 Å². The van der Waals surface area contributed by atoms with Crippen LogP contribution in [0.4, 0.5) is 0 Å². The number of benzene rings is 2. The Kier molecular flexibility index (Phi) is 4.30. The SMILES string of the molecule is Cn1nc(C(=O)NCc2ccc(C(=O)[O-])cc2)c2ccccc2c1=O. The first-order chi connectivity index (χ1) is 12.0. The van der Waals surface area contributed by atoms with Crippen LogP contribution in [0.15, 0.2) is 53.3 Å². The van der Waals surface area contributed by atoms with Crippen LogP contribution >= 0.6 is 0 Å². The van der Waals surface area contributed by atoms with Crippen molar-refractivity contribution in [3.8, 4) is 0 Å². The fourth-order valence-electron chi connectivity index (χ4n) is 2.49. The first-order valence-electron chi connectivity index (χ1n) is 7.52. The van der Waals surface area contributed by atoms with E-state index in [-0.39, 0.29) is 23.4 Å². The summed E-state index contributed by atoms with van der Waals surface area (Å²) in [5, 5.41) is 18.4. The largest absolute Gasteiger partial charge is 0.545 e. The van der Waals surface area contributed by atoms with Crippen LogP contribution < -0.4 is 16.0 Å². The van der Waals surface area contributed by atoms with Crippen molar-refractivity contribution >= 4 is 22.6 Å². The smallest absolute Gasteiger partial charge is 0.274 e. The lowest BCUT2D eigenvalue weighted by Gasteiger charge is -2.09. The monoisotopic (exact) mass is 336 g/mol. The molecule has 0 spiro atoms. The molecule has 0 saturated carbocycles. The van der Waals surface area contributed by atoms with Gasteiger partial charge in [-0.3, -0.25) is 9.59 Å². The van der Waals surface area contributed by atoms with E-state index in [1.165, 1.54) is 19.2 Å². The standard InChI is InChI=1S/C18H15N3O4/c1-21-17(23)14-5-3-2-4-13(14)15(20-21)16(22)19-10-11-6-8-12(9-7-11)18(24)25/h2-9H,10H2,1H3,(H,19,22)(H,24,25)/p-1. The number of carboxylic acids is 1. The zero-order valence-electron chi connectivity index (χ0n) is 13.4. The molecule has 3 aromatic rings. The third-order valence-electron chi connectivity index (χ3n) is 3.81. The van der Waals surface area contributed by atoms with Gasteiger partial charge in [0.2, 0.25) is 0 Å². The van der Waals surface area contributed by atoms with Crippen molar-refractivity contribution in [2.45, 2.75) is 6.54 Å². The number of aromatic carboxylic acids is 1. The molecule has 0 bridgehead atoms. The number of fused-ring (bicyclic) bond motifs is 1. The van der Waals surface area contributed by atoms with Gasteiger partial charge in [0, 0.05) is 19.0 Å². The second-order valence-corrected chi connectivity index (χ2v) is 5.49. The van der Waals surface area contributed by atoms with Crippen LogP contribution in [0.25, 0.3) is 10.8 Å². The molecule has 1 aromatic heterocycles. The van der Waals surface area contributed by atoms with Crippen molar-refractivity contribution in [3.63, 3.8) is 0 Å². The molecule has 0 radical (unpaired) electrons. The summed E-state index contributed by atoms with van der Waals surface area (Å²) in [6.45, 7) is 0.199. The highest BCUT2D eigenvalue weighted by Crippen LogP contribution is 2.13. The van der Waals surface area contributed by atoms with Gasteiger partial charge in [0.25, 0.3) is 11.5 Å². The molecule has 1 N–H and O–H groups in total. The number of carbonyl (C=O) groups excluding carboxylic acids is 2. The van der Waals surface area contributed by atoms with Crippen LogP contribution in [0.1, 0.15) is 26.4 Å². The summed E-state index contributed by atoms with van der Waals surface area (Å²) in [7, 11) is 1.49. The molecule has 0 unspecified atom stereocenters. The summed E-state index contributed by atoms with van der Waals surface area (Å²) in [6.07, 6.45) is 0. The second kappa shape index (κ2) is 6.56. The van der Waals surface area contributed by atoms with Gasteiger partial charge >= 0.3 is 0 Å². The van der Waals surface area contributed by atoms with Gasteiger partial charge in [0.05, 0.1) is 11.4 Å². The van der Waals surface area contributed by atoms with E-state index in [4.69, 9.17) is 0 Å². The van der Waals surface area contributed by atoms with Gasteiger partial charge in [-0.2, -0.15) is 5.10 Å². The maximum atomic E-state index is 12.5. The number of carboxylic acid groups (broad SMARTS) is 1. The number of carbonyl (C=O) groups is 2. The van der Waals surface area contributed by atoms with Gasteiger partial charge in [0.1, 0.15) is 0 Å². The summed E-state index contributed by atoms with van der Waals surface area (Å²) < 4.78 is 1.13. The summed E-state index contributed by atoms with van der Waals surface area (Å²) >= 11 is 0. The molecule has 1 amide bonds. The van der Waals surface area contributed by atoms with Crippen molar-refractivity contribution in [1.29, 1.82) is 0 Å². The molecule has 7 nitrogen and oxygen atoms in total. The van der Waals surface area contributed by atoms with E-state index in [1.54, 1.807) is 36.4 Å². The number of hydrogen-bond donors (Lipinski definition) is 1.